The minimum absolute atomic E-state index is 0.149. The lowest BCUT2D eigenvalue weighted by Crippen LogP contribution is -2.30. The largest absolute Gasteiger partial charge is 0.495 e. The molecule has 0 aliphatic heterocycles. The van der Waals surface area contributed by atoms with Gasteiger partial charge < -0.3 is 25.2 Å². The monoisotopic (exact) mass is 528 g/mol. The zero-order valence-electron chi connectivity index (χ0n) is 21.7. The molecule has 0 spiro atoms. The summed E-state index contributed by atoms with van der Waals surface area (Å²) in [6.45, 7) is 4.11. The second-order valence-electron chi connectivity index (χ2n) is 8.76. The summed E-state index contributed by atoms with van der Waals surface area (Å²) in [5, 5.41) is 28.7. The topological polar surface area (TPSA) is 160 Å². The van der Waals surface area contributed by atoms with E-state index in [0.29, 0.717) is 40.8 Å². The lowest BCUT2D eigenvalue weighted by Gasteiger charge is -2.16. The number of hydrogen-bond donors (Lipinski definition) is 3. The molecule has 3 N–H and O–H groups in total. The van der Waals surface area contributed by atoms with Crippen LogP contribution in [-0.4, -0.2) is 61.6 Å². The molecular weight excluding hydrogens is 500 g/mol. The fourth-order valence-electron chi connectivity index (χ4n) is 3.68. The van der Waals surface area contributed by atoms with Crippen LogP contribution in [0.25, 0.3) is 11.1 Å². The normalized spacial score (nSPS) is 12.2. The number of amides is 1. The molecule has 0 saturated heterocycles. The maximum Gasteiger partial charge on any atom is 0.251 e. The van der Waals surface area contributed by atoms with Crippen molar-refractivity contribution in [3.8, 4) is 28.7 Å². The number of ether oxygens (including phenoxy) is 2. The van der Waals surface area contributed by atoms with Crippen molar-refractivity contribution in [2.45, 2.75) is 32.6 Å². The van der Waals surface area contributed by atoms with E-state index in [1.165, 1.54) is 13.4 Å². The van der Waals surface area contributed by atoms with Crippen molar-refractivity contribution in [1.82, 2.24) is 30.0 Å². The third-order valence-electron chi connectivity index (χ3n) is 5.59. The van der Waals surface area contributed by atoms with Crippen molar-refractivity contribution in [2.75, 3.05) is 19.0 Å². The first-order valence-electron chi connectivity index (χ1n) is 12.1. The predicted octanol–water partition coefficient (Wildman–Crippen LogP) is 2.94. The third kappa shape index (κ3) is 7.06. The number of nitrogens with zero attached hydrogens (tertiary/aromatic N) is 6. The Labute approximate surface area is 225 Å². The highest BCUT2D eigenvalue weighted by Crippen LogP contribution is 2.30. The SMILES string of the molecule is COc1cc(C(=O)NC[C@@H](C)O)ccc1Nc1ncc(-c2ccc(C#N)c(O[C@@H](C)Cn3cncn3)c2)cn1. The van der Waals surface area contributed by atoms with Crippen LogP contribution in [0.2, 0.25) is 0 Å². The third-order valence-corrected chi connectivity index (χ3v) is 5.59. The molecule has 12 heteroatoms. The number of nitrogens with one attached hydrogen (secondary N) is 2. The Balaban J connectivity index is 1.47. The molecule has 0 saturated carbocycles. The lowest BCUT2D eigenvalue weighted by molar-refractivity contribution is 0.0923. The van der Waals surface area contributed by atoms with Crippen LogP contribution in [0, 0.1) is 11.3 Å². The van der Waals surface area contributed by atoms with Gasteiger partial charge >= 0.3 is 0 Å². The van der Waals surface area contributed by atoms with Gasteiger partial charge in [0.05, 0.1) is 31.0 Å². The summed E-state index contributed by atoms with van der Waals surface area (Å²) < 4.78 is 13.1. The van der Waals surface area contributed by atoms with Gasteiger partial charge in [0.1, 0.15) is 36.3 Å². The zero-order valence-corrected chi connectivity index (χ0v) is 21.7. The van der Waals surface area contributed by atoms with E-state index in [2.05, 4.69) is 36.8 Å². The molecule has 2 aromatic heterocycles. The van der Waals surface area contributed by atoms with Gasteiger partial charge in [-0.05, 0) is 49.7 Å². The van der Waals surface area contributed by atoms with Crippen LogP contribution in [-0.2, 0) is 6.54 Å². The minimum Gasteiger partial charge on any atom is -0.495 e. The number of aliphatic hydroxyl groups excluding tert-OH is 1. The van der Waals surface area contributed by atoms with Crippen LogP contribution in [0.15, 0.2) is 61.4 Å². The Morgan fingerprint density at radius 2 is 1.92 bits per heavy atom. The average molecular weight is 529 g/mol. The van der Waals surface area contributed by atoms with E-state index in [1.807, 2.05) is 13.0 Å². The first-order chi connectivity index (χ1) is 18.9. The molecule has 0 aliphatic rings. The number of hydrogen-bond acceptors (Lipinski definition) is 10. The molecule has 200 valence electrons. The van der Waals surface area contributed by atoms with Crippen molar-refractivity contribution in [2.24, 2.45) is 0 Å². The number of methoxy groups -OCH3 is 1. The van der Waals surface area contributed by atoms with Crippen LogP contribution < -0.4 is 20.1 Å². The number of rotatable bonds is 11. The van der Waals surface area contributed by atoms with Crippen LogP contribution in [0.5, 0.6) is 11.5 Å². The highest BCUT2D eigenvalue weighted by molar-refractivity contribution is 5.95. The Bertz CT molecular complexity index is 1450. The second kappa shape index (κ2) is 12.5. The molecule has 0 fully saturated rings. The summed E-state index contributed by atoms with van der Waals surface area (Å²) >= 11 is 0. The summed E-state index contributed by atoms with van der Waals surface area (Å²) in [5.74, 6) is 0.892. The molecule has 0 aliphatic carbocycles. The summed E-state index contributed by atoms with van der Waals surface area (Å²) in [6, 6.07) is 12.4. The van der Waals surface area contributed by atoms with Crippen molar-refractivity contribution >= 4 is 17.5 Å². The van der Waals surface area contributed by atoms with E-state index in [1.54, 1.807) is 60.7 Å². The molecule has 39 heavy (non-hydrogen) atoms. The zero-order chi connectivity index (χ0) is 27.8. The average Bonchev–Trinajstić information content (AvgIpc) is 3.45. The molecule has 1 amide bonds. The second-order valence-corrected chi connectivity index (χ2v) is 8.76. The lowest BCUT2D eigenvalue weighted by atomic mass is 10.1. The van der Waals surface area contributed by atoms with Gasteiger partial charge in [-0.15, -0.1) is 0 Å². The first-order valence-corrected chi connectivity index (χ1v) is 12.1. The molecule has 4 aromatic rings. The molecule has 0 radical (unpaired) electrons. The minimum atomic E-state index is -0.644. The smallest absolute Gasteiger partial charge is 0.251 e. The van der Waals surface area contributed by atoms with E-state index in [-0.39, 0.29) is 18.6 Å². The van der Waals surface area contributed by atoms with Gasteiger partial charge in [-0.1, -0.05) is 6.07 Å². The fourth-order valence-corrected chi connectivity index (χ4v) is 3.68. The Hall–Kier alpha value is -5.02. The predicted molar refractivity (Wildman–Crippen MR) is 143 cm³/mol. The molecule has 0 unspecified atom stereocenters. The van der Waals surface area contributed by atoms with Gasteiger partial charge in [-0.25, -0.2) is 19.6 Å². The maximum atomic E-state index is 12.3. The first kappa shape index (κ1) is 27.0. The molecule has 2 heterocycles. The molecule has 0 bridgehead atoms. The van der Waals surface area contributed by atoms with Crippen LogP contribution >= 0.6 is 0 Å². The highest BCUT2D eigenvalue weighted by atomic mass is 16.5. The maximum absolute atomic E-state index is 12.3. The number of aliphatic hydroxyl groups is 1. The molecule has 2 aromatic carbocycles. The van der Waals surface area contributed by atoms with E-state index >= 15 is 0 Å². The summed E-state index contributed by atoms with van der Waals surface area (Å²) in [6.07, 6.45) is 5.48. The van der Waals surface area contributed by atoms with Gasteiger partial charge in [-0.2, -0.15) is 10.4 Å². The van der Waals surface area contributed by atoms with Crippen LogP contribution in [0.4, 0.5) is 11.6 Å². The molecule has 4 rings (SSSR count). The number of aromatic nitrogens is 5. The van der Waals surface area contributed by atoms with Crippen molar-refractivity contribution in [3.63, 3.8) is 0 Å². The number of nitriles is 1. The Morgan fingerprint density at radius 1 is 1.13 bits per heavy atom. The number of anilines is 2. The van der Waals surface area contributed by atoms with Gasteiger partial charge in [0.15, 0.2) is 0 Å². The van der Waals surface area contributed by atoms with Gasteiger partial charge in [0.25, 0.3) is 5.91 Å². The van der Waals surface area contributed by atoms with E-state index in [0.717, 1.165) is 11.1 Å². The van der Waals surface area contributed by atoms with Crippen LogP contribution in [0.1, 0.15) is 29.8 Å². The van der Waals surface area contributed by atoms with E-state index in [9.17, 15) is 15.2 Å². The molecule has 2 atom stereocenters. The highest BCUT2D eigenvalue weighted by Gasteiger charge is 2.14. The van der Waals surface area contributed by atoms with Gasteiger partial charge in [-0.3, -0.25) is 4.79 Å². The van der Waals surface area contributed by atoms with Crippen LogP contribution in [0.3, 0.4) is 0 Å². The Kier molecular flexibility index (Phi) is 8.65. The van der Waals surface area contributed by atoms with Gasteiger partial charge in [0.2, 0.25) is 5.95 Å². The number of carbonyl (C=O) groups is 1. The van der Waals surface area contributed by atoms with Crippen molar-refractivity contribution in [3.05, 3.63) is 72.6 Å². The quantitative estimate of drug-likeness (QED) is 0.264. The Morgan fingerprint density at radius 3 is 2.59 bits per heavy atom. The van der Waals surface area contributed by atoms with E-state index in [4.69, 9.17) is 9.47 Å². The standard InChI is InChI=1S/C27H28N8O4/c1-17(36)11-30-26(37)20-6-7-23(25(9-20)38-3)34-27-31-12-22(13-32-27)19-4-5-21(10-28)24(8-19)39-18(2)14-35-16-29-15-33-35/h4-9,12-13,15-18,36H,11,14H2,1-3H3,(H,30,37)(H,31,32,34)/t17-,18+/m1/s1. The van der Waals surface area contributed by atoms with E-state index < -0.39 is 6.10 Å². The van der Waals surface area contributed by atoms with Crippen molar-refractivity contribution < 1.29 is 19.4 Å². The summed E-state index contributed by atoms with van der Waals surface area (Å²) in [5.41, 5.74) is 2.90. The number of carbonyl (C=O) groups excluding carboxylic acids is 1. The molecular formula is C27H28N8O4. The fraction of sp³-hybridized carbons (Fsp3) is 0.259. The molecule has 12 nitrogen and oxygen atoms in total. The summed E-state index contributed by atoms with van der Waals surface area (Å²) in [7, 11) is 1.50. The number of benzene rings is 2. The summed E-state index contributed by atoms with van der Waals surface area (Å²) in [4.78, 5) is 25.0. The van der Waals surface area contributed by atoms with Crippen molar-refractivity contribution in [1.29, 1.82) is 5.26 Å². The van der Waals surface area contributed by atoms with Gasteiger partial charge in [0, 0.05) is 30.1 Å².